The van der Waals surface area contributed by atoms with Crippen molar-refractivity contribution in [1.82, 2.24) is 31.9 Å². The smallest absolute Gasteiger partial charge is 0.245 e. The maximum Gasteiger partial charge on any atom is 0.245 e. The number of carbonyl (C=O) groups excluding carboxylic acids is 6. The van der Waals surface area contributed by atoms with Crippen molar-refractivity contribution < 1.29 is 33.9 Å². The second kappa shape index (κ2) is 30.4. The molecule has 0 spiro atoms. The zero-order valence-electron chi connectivity index (χ0n) is 34.1. The Morgan fingerprint density at radius 3 is 1.98 bits per heavy atom. The molecule has 0 aromatic rings. The molecule has 1 aliphatic heterocycles. The number of nitrogens with one attached hydrogen (secondary N) is 6. The maximum absolute atomic E-state index is 13.8. The van der Waals surface area contributed by atoms with Crippen LogP contribution < -0.4 is 43.4 Å². The van der Waals surface area contributed by atoms with Crippen molar-refractivity contribution in [2.45, 2.75) is 168 Å². The normalized spacial score (nSPS) is 21.8. The second-order valence-corrected chi connectivity index (χ2v) is 15.6. The number of hydrogen-bond donors (Lipinski definition) is 9. The molecular formula is C38H74Cl2N8O7. The third-order valence-corrected chi connectivity index (χ3v) is 9.45. The fraction of sp³-hybridized carbons (Fsp3) is 0.842. The molecule has 322 valence electrons. The van der Waals surface area contributed by atoms with Gasteiger partial charge < -0.3 is 48.5 Å². The van der Waals surface area contributed by atoms with E-state index in [1.54, 1.807) is 0 Å². The van der Waals surface area contributed by atoms with E-state index in [1.165, 1.54) is 6.92 Å². The predicted octanol–water partition coefficient (Wildman–Crippen LogP) is 2.09. The monoisotopic (exact) mass is 825 g/mol. The summed E-state index contributed by atoms with van der Waals surface area (Å²) in [5, 5.41) is 27.2. The lowest BCUT2D eigenvalue weighted by atomic mass is 9.96. The first-order valence-corrected chi connectivity index (χ1v) is 20.0. The van der Waals surface area contributed by atoms with Crippen LogP contribution in [0, 0.1) is 17.8 Å². The van der Waals surface area contributed by atoms with Gasteiger partial charge in [-0.3, -0.25) is 28.8 Å². The molecule has 17 heteroatoms. The molecule has 1 fully saturated rings. The van der Waals surface area contributed by atoms with Crippen molar-refractivity contribution >= 4 is 60.3 Å². The first-order chi connectivity index (χ1) is 25.1. The zero-order chi connectivity index (χ0) is 39.9. The van der Waals surface area contributed by atoms with Gasteiger partial charge in [-0.15, -0.1) is 24.8 Å². The fourth-order valence-corrected chi connectivity index (χ4v) is 6.31. The lowest BCUT2D eigenvalue weighted by Gasteiger charge is -2.29. The summed E-state index contributed by atoms with van der Waals surface area (Å²) >= 11 is 0. The van der Waals surface area contributed by atoms with Crippen LogP contribution in [0.1, 0.15) is 131 Å². The van der Waals surface area contributed by atoms with Gasteiger partial charge in [0.2, 0.25) is 35.4 Å². The highest BCUT2D eigenvalue weighted by Crippen LogP contribution is 2.16. The van der Waals surface area contributed by atoms with E-state index in [0.717, 1.165) is 19.3 Å². The topological polar surface area (TPSA) is 247 Å². The molecule has 1 aliphatic rings. The van der Waals surface area contributed by atoms with E-state index in [0.29, 0.717) is 70.4 Å². The number of hydrogen-bond acceptors (Lipinski definition) is 9. The first kappa shape index (κ1) is 54.4. The summed E-state index contributed by atoms with van der Waals surface area (Å²) in [6.07, 6.45) is 6.18. The Hall–Kier alpha value is -2.72. The van der Waals surface area contributed by atoms with Crippen LogP contribution in [0.4, 0.5) is 0 Å². The highest BCUT2D eigenvalue weighted by molar-refractivity contribution is 5.96. The Bertz CT molecular complexity index is 1150. The van der Waals surface area contributed by atoms with Crippen molar-refractivity contribution in [2.75, 3.05) is 19.6 Å². The van der Waals surface area contributed by atoms with Crippen LogP contribution in [-0.2, 0) is 28.8 Å². The van der Waals surface area contributed by atoms with E-state index in [9.17, 15) is 33.9 Å². The van der Waals surface area contributed by atoms with E-state index in [4.69, 9.17) is 11.5 Å². The Morgan fingerprint density at radius 1 is 0.745 bits per heavy atom. The van der Waals surface area contributed by atoms with Crippen molar-refractivity contribution in [2.24, 2.45) is 29.2 Å². The Balaban J connectivity index is 0. The Labute approximate surface area is 341 Å². The number of nitrogens with two attached hydrogens (primary N) is 2. The van der Waals surface area contributed by atoms with Gasteiger partial charge in [0.25, 0.3) is 0 Å². The number of carbonyl (C=O) groups is 6. The van der Waals surface area contributed by atoms with Gasteiger partial charge in [0.05, 0.1) is 6.10 Å². The molecule has 6 amide bonds. The lowest BCUT2D eigenvalue weighted by molar-refractivity contribution is -0.137. The van der Waals surface area contributed by atoms with E-state index < -0.39 is 59.9 Å². The van der Waals surface area contributed by atoms with E-state index in [2.05, 4.69) is 45.7 Å². The molecule has 0 aliphatic carbocycles. The molecule has 1 unspecified atom stereocenters. The molecule has 15 nitrogen and oxygen atoms in total. The average Bonchev–Trinajstić information content (AvgIpc) is 3.07. The predicted molar refractivity (Wildman–Crippen MR) is 220 cm³/mol. The molecule has 7 atom stereocenters. The van der Waals surface area contributed by atoms with Gasteiger partial charge in [0, 0.05) is 13.0 Å². The molecule has 0 aromatic carbocycles. The molecule has 1 rings (SSSR count). The van der Waals surface area contributed by atoms with Crippen LogP contribution in [0.5, 0.6) is 0 Å². The van der Waals surface area contributed by atoms with Crippen LogP contribution in [0.3, 0.4) is 0 Å². The van der Waals surface area contributed by atoms with Gasteiger partial charge in [-0.05, 0) is 102 Å². The summed E-state index contributed by atoms with van der Waals surface area (Å²) in [6, 6.07) is -5.38. The van der Waals surface area contributed by atoms with Gasteiger partial charge in [0.15, 0.2) is 0 Å². The number of halogens is 2. The Kier molecular flexibility index (Phi) is 30.1. The molecule has 55 heavy (non-hydrogen) atoms. The summed E-state index contributed by atoms with van der Waals surface area (Å²) in [5.41, 5.74) is 11.4. The van der Waals surface area contributed by atoms with Crippen LogP contribution in [-0.4, -0.2) is 96.5 Å². The molecule has 0 aromatic heterocycles. The Morgan fingerprint density at radius 2 is 1.38 bits per heavy atom. The molecule has 0 radical (unpaired) electrons. The highest BCUT2D eigenvalue weighted by atomic mass is 35.5. The van der Waals surface area contributed by atoms with Gasteiger partial charge in [-0.25, -0.2) is 0 Å². The molecular weight excluding hydrogens is 751 g/mol. The maximum atomic E-state index is 13.8. The minimum absolute atomic E-state index is 0. The summed E-state index contributed by atoms with van der Waals surface area (Å²) in [5.74, 6) is -2.41. The highest BCUT2D eigenvalue weighted by Gasteiger charge is 2.34. The number of unbranched alkanes of at least 4 members (excludes halogenated alkanes) is 2. The minimum atomic E-state index is -1.45. The van der Waals surface area contributed by atoms with Gasteiger partial charge in [0.1, 0.15) is 30.2 Å². The molecule has 11 N–H and O–H groups in total. The minimum Gasteiger partial charge on any atom is -0.391 e. The second-order valence-electron chi connectivity index (χ2n) is 15.6. The van der Waals surface area contributed by atoms with E-state index in [1.807, 2.05) is 20.8 Å². The van der Waals surface area contributed by atoms with E-state index >= 15 is 0 Å². The van der Waals surface area contributed by atoms with Crippen LogP contribution in [0.25, 0.3) is 0 Å². The van der Waals surface area contributed by atoms with Gasteiger partial charge in [-0.1, -0.05) is 53.9 Å². The van der Waals surface area contributed by atoms with Crippen LogP contribution in [0.2, 0.25) is 0 Å². The standard InChI is InChI=1S/C38H72N8O7.2ClH/c1-24(2)14-13-15-26(5)23-32(48)42-28(16-7-10-19-39)35(50)43-30-18-9-12-21-41-34(49)31(22-25(3)4)45-36(51)29(17-8-11-20-40)44-38(53)33(27(6)47)46-37(30)52;;/h24-31,33,47H,7-23,39-40H2,1-6H3,(H,41,49)(H,42,48)(H,43,50)(H,44,53)(H,45,51)(H,46,52);2*1H/t26?,27-,28+,29+,30+,31-,33+;;/m1../s1. The summed E-state index contributed by atoms with van der Waals surface area (Å²) in [4.78, 5) is 80.9. The summed E-state index contributed by atoms with van der Waals surface area (Å²) < 4.78 is 0. The quantitative estimate of drug-likeness (QED) is 0.0815. The molecule has 1 heterocycles. The summed E-state index contributed by atoms with van der Waals surface area (Å²) in [7, 11) is 0. The van der Waals surface area contributed by atoms with Gasteiger partial charge in [-0.2, -0.15) is 0 Å². The number of aliphatic hydroxyl groups excluding tert-OH is 1. The molecule has 0 bridgehead atoms. The third kappa shape index (κ3) is 23.2. The fourth-order valence-electron chi connectivity index (χ4n) is 6.31. The third-order valence-electron chi connectivity index (χ3n) is 9.45. The van der Waals surface area contributed by atoms with Crippen molar-refractivity contribution in [3.63, 3.8) is 0 Å². The van der Waals surface area contributed by atoms with Gasteiger partial charge >= 0.3 is 0 Å². The average molecular weight is 826 g/mol. The number of rotatable bonds is 20. The lowest BCUT2D eigenvalue weighted by Crippen LogP contribution is -2.61. The van der Waals surface area contributed by atoms with Crippen molar-refractivity contribution in [1.29, 1.82) is 0 Å². The van der Waals surface area contributed by atoms with Crippen molar-refractivity contribution in [3.05, 3.63) is 0 Å². The molecule has 1 saturated heterocycles. The summed E-state index contributed by atoms with van der Waals surface area (Å²) in [6.45, 7) is 12.6. The first-order valence-electron chi connectivity index (χ1n) is 20.0. The van der Waals surface area contributed by atoms with Crippen molar-refractivity contribution in [3.8, 4) is 0 Å². The largest absolute Gasteiger partial charge is 0.391 e. The van der Waals surface area contributed by atoms with Crippen LogP contribution >= 0.6 is 24.8 Å². The van der Waals surface area contributed by atoms with Crippen LogP contribution in [0.15, 0.2) is 0 Å². The number of amides is 6. The SMILES string of the molecule is CC(C)CCCC(C)CC(=O)N[C@@H](CCCCN)C(=O)N[C@H]1CCCCNC(=O)[C@@H](CC(C)C)NC(=O)[C@H](CCCCN)NC(=O)[C@H]([C@@H](C)O)NC1=O.Cl.Cl. The zero-order valence-corrected chi connectivity index (χ0v) is 35.7. The number of aliphatic hydroxyl groups is 1. The molecule has 0 saturated carbocycles. The van der Waals surface area contributed by atoms with E-state index in [-0.39, 0.29) is 74.3 Å².